The van der Waals surface area contributed by atoms with Gasteiger partial charge in [-0.1, -0.05) is 104 Å². The molecule has 50 heavy (non-hydrogen) atoms. The number of nitrogens with two attached hydrogens (primary N) is 4. The lowest BCUT2D eigenvalue weighted by atomic mass is 10.1. The Morgan fingerprint density at radius 3 is 1.14 bits per heavy atom. The first-order valence-corrected chi connectivity index (χ1v) is 19.3. The maximum absolute atomic E-state index is 13.8. The van der Waals surface area contributed by atoms with Gasteiger partial charge in [-0.2, -0.15) is 0 Å². The summed E-state index contributed by atoms with van der Waals surface area (Å²) in [4.78, 5) is 71.0. The van der Waals surface area contributed by atoms with Gasteiger partial charge in [0.05, 0.1) is 32.7 Å². The Kier molecular flexibility index (Phi) is 30.3. The predicted octanol–water partition coefficient (Wildman–Crippen LogP) is 1.53. The fraction of sp³-hybridized carbons (Fsp3) is 0.861. The van der Waals surface area contributed by atoms with Gasteiger partial charge in [0, 0.05) is 52.4 Å². The van der Waals surface area contributed by atoms with Crippen molar-refractivity contribution in [3.63, 3.8) is 0 Å². The largest absolute Gasteiger partial charge is 0.368 e. The third-order valence-electron chi connectivity index (χ3n) is 8.69. The third-order valence-corrected chi connectivity index (χ3v) is 8.69. The maximum atomic E-state index is 13.8. The summed E-state index contributed by atoms with van der Waals surface area (Å²) in [5, 5.41) is 2.93. The van der Waals surface area contributed by atoms with E-state index in [1.165, 1.54) is 71.0 Å². The number of rotatable bonds is 34. The highest BCUT2D eigenvalue weighted by Crippen LogP contribution is 2.12. The molecule has 14 heteroatoms. The number of nitrogens with one attached hydrogen (secondary N) is 1. The molecule has 0 bridgehead atoms. The lowest BCUT2D eigenvalue weighted by Crippen LogP contribution is -2.52. The van der Waals surface area contributed by atoms with Crippen LogP contribution in [0.3, 0.4) is 0 Å². The van der Waals surface area contributed by atoms with Crippen LogP contribution < -0.4 is 28.3 Å². The van der Waals surface area contributed by atoms with Crippen molar-refractivity contribution in [3.05, 3.63) is 0 Å². The summed E-state index contributed by atoms with van der Waals surface area (Å²) in [6.45, 7) is 5.54. The average Bonchev–Trinajstić information content (AvgIpc) is 3.08. The molecule has 0 heterocycles. The van der Waals surface area contributed by atoms with E-state index in [1.807, 2.05) is 0 Å². The van der Waals surface area contributed by atoms with Crippen LogP contribution in [0.1, 0.15) is 117 Å². The summed E-state index contributed by atoms with van der Waals surface area (Å²) in [6.07, 6.45) is 17.4. The minimum atomic E-state index is -0.603. The number of hydrogen-bond donors (Lipinski definition) is 5. The van der Waals surface area contributed by atoms with Crippen LogP contribution in [0.5, 0.6) is 0 Å². The number of hydrogen-bond acceptors (Lipinski definition) is 9. The van der Waals surface area contributed by atoms with E-state index in [0.29, 0.717) is 32.6 Å². The Bertz CT molecular complexity index is 924. The van der Waals surface area contributed by atoms with Gasteiger partial charge >= 0.3 is 0 Å². The predicted molar refractivity (Wildman–Crippen MR) is 201 cm³/mol. The molecule has 5 amide bonds. The van der Waals surface area contributed by atoms with Crippen LogP contribution in [0.2, 0.25) is 0 Å². The van der Waals surface area contributed by atoms with Gasteiger partial charge < -0.3 is 47.9 Å². The van der Waals surface area contributed by atoms with Crippen LogP contribution in [-0.4, -0.2) is 134 Å². The van der Waals surface area contributed by atoms with E-state index in [1.54, 1.807) is 0 Å². The fourth-order valence-electron chi connectivity index (χ4n) is 5.74. The van der Waals surface area contributed by atoms with Crippen molar-refractivity contribution in [1.29, 1.82) is 0 Å². The molecule has 0 saturated carbocycles. The van der Waals surface area contributed by atoms with Gasteiger partial charge in [0.15, 0.2) is 0 Å². The highest BCUT2D eigenvalue weighted by Gasteiger charge is 2.27. The minimum absolute atomic E-state index is 0.00948. The smallest absolute Gasteiger partial charge is 0.242 e. The Morgan fingerprint density at radius 2 is 0.780 bits per heavy atom. The number of carbonyl (C=O) groups excluding carboxylic acids is 5. The standard InChI is InChI=1S/C36H73N9O5/c1-3-5-7-9-11-13-15-17-23-42(28-32(40)46)34(48)29-43(24-18-16-14-12-10-8-6-4-2)35(49)31-45(26-21-39)36(50)30-44(25-20-38)33(47)27-41-22-19-37/h41H,3-31,37-39H2,1-2H3,(H2,40,46). The Labute approximate surface area is 302 Å². The molecule has 0 spiro atoms. The quantitative estimate of drug-likeness (QED) is 0.0611. The van der Waals surface area contributed by atoms with Crippen LogP contribution >= 0.6 is 0 Å². The normalized spacial score (nSPS) is 11.0. The van der Waals surface area contributed by atoms with Gasteiger partial charge in [0.25, 0.3) is 0 Å². The van der Waals surface area contributed by atoms with Gasteiger partial charge in [0.2, 0.25) is 29.5 Å². The molecule has 0 aliphatic carbocycles. The number of amides is 5. The summed E-state index contributed by atoms with van der Waals surface area (Å²) in [5.41, 5.74) is 22.6. The van der Waals surface area contributed by atoms with E-state index in [9.17, 15) is 24.0 Å². The topological polar surface area (TPSA) is 214 Å². The number of nitrogens with zero attached hydrogens (tertiary/aromatic N) is 4. The van der Waals surface area contributed by atoms with E-state index in [4.69, 9.17) is 22.9 Å². The third kappa shape index (κ3) is 24.4. The Morgan fingerprint density at radius 1 is 0.440 bits per heavy atom. The molecule has 9 N–H and O–H groups in total. The molecule has 0 aliphatic heterocycles. The van der Waals surface area contributed by atoms with Crippen LogP contribution in [0, 0.1) is 0 Å². The van der Waals surface area contributed by atoms with Crippen molar-refractivity contribution in [2.75, 3.05) is 85.1 Å². The molecular weight excluding hydrogens is 638 g/mol. The summed E-state index contributed by atoms with van der Waals surface area (Å²) in [7, 11) is 0. The highest BCUT2D eigenvalue weighted by molar-refractivity contribution is 5.91. The number of unbranched alkanes of at least 4 members (excludes halogenated alkanes) is 14. The molecule has 0 aromatic carbocycles. The molecule has 0 radical (unpaired) electrons. The van der Waals surface area contributed by atoms with Gasteiger partial charge in [0.1, 0.15) is 0 Å². The van der Waals surface area contributed by atoms with E-state index in [2.05, 4.69) is 19.2 Å². The molecule has 0 rings (SSSR count). The zero-order valence-corrected chi connectivity index (χ0v) is 31.6. The van der Waals surface area contributed by atoms with E-state index >= 15 is 0 Å². The summed E-state index contributed by atoms with van der Waals surface area (Å²) < 4.78 is 0. The SMILES string of the molecule is CCCCCCCCCCN(CC(N)=O)C(=O)CN(CCCCCCCCCC)C(=O)CN(CCN)C(=O)CN(CCN)C(=O)CNCCN. The zero-order chi connectivity index (χ0) is 37.4. The van der Waals surface area contributed by atoms with Crippen molar-refractivity contribution in [2.24, 2.45) is 22.9 Å². The highest BCUT2D eigenvalue weighted by atomic mass is 16.2. The zero-order valence-electron chi connectivity index (χ0n) is 31.6. The monoisotopic (exact) mass is 712 g/mol. The first-order valence-electron chi connectivity index (χ1n) is 19.3. The molecule has 0 fully saturated rings. The molecule has 0 aliphatic rings. The fourth-order valence-corrected chi connectivity index (χ4v) is 5.74. The van der Waals surface area contributed by atoms with Gasteiger partial charge in [-0.05, 0) is 12.8 Å². The maximum Gasteiger partial charge on any atom is 0.242 e. The van der Waals surface area contributed by atoms with Gasteiger partial charge in [-0.3, -0.25) is 24.0 Å². The number of primary amides is 1. The molecule has 0 atom stereocenters. The van der Waals surface area contributed by atoms with Crippen molar-refractivity contribution < 1.29 is 24.0 Å². The Hall–Kier alpha value is -2.81. The van der Waals surface area contributed by atoms with E-state index in [0.717, 1.165) is 44.9 Å². The van der Waals surface area contributed by atoms with E-state index < -0.39 is 17.7 Å². The second-order valence-electron chi connectivity index (χ2n) is 13.2. The van der Waals surface area contributed by atoms with Crippen LogP contribution in [0.25, 0.3) is 0 Å². The lowest BCUT2D eigenvalue weighted by molar-refractivity contribution is -0.146. The number of carbonyl (C=O) groups is 5. The van der Waals surface area contributed by atoms with Crippen molar-refractivity contribution in [2.45, 2.75) is 117 Å². The molecule has 0 aromatic heterocycles. The summed E-state index contributed by atoms with van der Waals surface area (Å²) >= 11 is 0. The van der Waals surface area contributed by atoms with Crippen LogP contribution in [0.4, 0.5) is 0 Å². The van der Waals surface area contributed by atoms with Crippen LogP contribution in [-0.2, 0) is 24.0 Å². The van der Waals surface area contributed by atoms with Gasteiger partial charge in [-0.15, -0.1) is 0 Å². The lowest BCUT2D eigenvalue weighted by Gasteiger charge is -2.31. The van der Waals surface area contributed by atoms with Crippen molar-refractivity contribution >= 4 is 29.5 Å². The molecule has 0 unspecified atom stereocenters. The first-order chi connectivity index (χ1) is 24.1. The molecular formula is C36H73N9O5. The molecule has 0 saturated heterocycles. The molecule has 0 aromatic rings. The minimum Gasteiger partial charge on any atom is -0.368 e. The average molecular weight is 712 g/mol. The van der Waals surface area contributed by atoms with Crippen molar-refractivity contribution in [3.8, 4) is 0 Å². The van der Waals surface area contributed by atoms with E-state index in [-0.39, 0.29) is 70.7 Å². The summed E-state index contributed by atoms with van der Waals surface area (Å²) in [6, 6.07) is 0. The van der Waals surface area contributed by atoms with Gasteiger partial charge in [-0.25, -0.2) is 0 Å². The summed E-state index contributed by atoms with van der Waals surface area (Å²) in [5.74, 6) is -2.08. The molecule has 14 nitrogen and oxygen atoms in total. The van der Waals surface area contributed by atoms with Crippen LogP contribution in [0.15, 0.2) is 0 Å². The molecule has 292 valence electrons. The first kappa shape index (κ1) is 47.2. The second kappa shape index (κ2) is 32.1. The second-order valence-corrected chi connectivity index (χ2v) is 13.2. The Balaban J connectivity index is 5.63. The van der Waals surface area contributed by atoms with Crippen molar-refractivity contribution in [1.82, 2.24) is 24.9 Å².